The van der Waals surface area contributed by atoms with Crippen molar-refractivity contribution in [1.82, 2.24) is 4.90 Å². The van der Waals surface area contributed by atoms with E-state index in [4.69, 9.17) is 0 Å². The summed E-state index contributed by atoms with van der Waals surface area (Å²) in [6.45, 7) is 0.521. The number of carboxylic acids is 1. The molecule has 21 heavy (non-hydrogen) atoms. The van der Waals surface area contributed by atoms with Crippen molar-refractivity contribution >= 4 is 28.7 Å². The average Bonchev–Trinajstić information content (AvgIpc) is 3.17. The molecular weight excluding hydrogens is 288 g/mol. The summed E-state index contributed by atoms with van der Waals surface area (Å²) >= 11 is 1.56. The van der Waals surface area contributed by atoms with Crippen molar-refractivity contribution in [3.8, 4) is 0 Å². The first-order valence-electron chi connectivity index (χ1n) is 6.96. The molecule has 0 aliphatic carbocycles. The fourth-order valence-electron chi connectivity index (χ4n) is 2.72. The number of hydrogen-bond donors (Lipinski definition) is 1. The van der Waals surface area contributed by atoms with Crippen LogP contribution in [-0.4, -0.2) is 51.3 Å². The lowest BCUT2D eigenvalue weighted by Crippen LogP contribution is -2.45. The van der Waals surface area contributed by atoms with Crippen LogP contribution in [0.15, 0.2) is 35.3 Å². The van der Waals surface area contributed by atoms with Crippen molar-refractivity contribution in [2.24, 2.45) is 4.99 Å². The smallest absolute Gasteiger partial charge is 0.326 e. The molecule has 5 nitrogen and oxygen atoms in total. The summed E-state index contributed by atoms with van der Waals surface area (Å²) in [5, 5.41) is 10.0. The summed E-state index contributed by atoms with van der Waals surface area (Å²) in [6.07, 6.45) is 1.29. The van der Waals surface area contributed by atoms with Crippen molar-refractivity contribution in [3.63, 3.8) is 0 Å². The molecule has 1 N–H and O–H groups in total. The molecule has 0 saturated carbocycles. The lowest BCUT2D eigenvalue weighted by atomic mass is 10.2. The summed E-state index contributed by atoms with van der Waals surface area (Å²) in [5.74, 6) is -0.483. The van der Waals surface area contributed by atoms with Gasteiger partial charge in [0.15, 0.2) is 0 Å². The Balaban J connectivity index is 1.75. The second-order valence-corrected chi connectivity index (χ2v) is 6.16. The van der Waals surface area contributed by atoms with Gasteiger partial charge < -0.3 is 10.0 Å². The third-order valence-corrected chi connectivity index (χ3v) is 4.87. The molecule has 2 heterocycles. The summed E-state index contributed by atoms with van der Waals surface area (Å²) < 4.78 is 0. The number of aliphatic carboxylic acids is 1. The van der Waals surface area contributed by atoms with Crippen LogP contribution in [0.3, 0.4) is 0 Å². The first-order chi connectivity index (χ1) is 10.2. The zero-order valence-electron chi connectivity index (χ0n) is 11.4. The molecule has 0 spiro atoms. The SMILES string of the molecule is O=C(O)[C@@H]1CCCN1C(=O)C1CSC(c2ccccc2)=N1. The molecule has 110 valence electrons. The van der Waals surface area contributed by atoms with E-state index in [2.05, 4.69) is 4.99 Å². The minimum absolute atomic E-state index is 0.154. The van der Waals surface area contributed by atoms with E-state index < -0.39 is 18.1 Å². The van der Waals surface area contributed by atoms with Crippen LogP contribution in [0.4, 0.5) is 0 Å². The molecule has 1 unspecified atom stereocenters. The molecule has 1 aromatic rings. The maximum Gasteiger partial charge on any atom is 0.326 e. The van der Waals surface area contributed by atoms with Crippen molar-refractivity contribution in [2.75, 3.05) is 12.3 Å². The number of likely N-dealkylation sites (tertiary alicyclic amines) is 1. The van der Waals surface area contributed by atoms with Crippen molar-refractivity contribution in [3.05, 3.63) is 35.9 Å². The summed E-state index contributed by atoms with van der Waals surface area (Å²) in [5.41, 5.74) is 1.01. The van der Waals surface area contributed by atoms with E-state index in [9.17, 15) is 14.7 Å². The van der Waals surface area contributed by atoms with E-state index in [1.54, 1.807) is 11.8 Å². The van der Waals surface area contributed by atoms with Crippen molar-refractivity contribution in [2.45, 2.75) is 24.9 Å². The Morgan fingerprint density at radius 2 is 2.05 bits per heavy atom. The number of aliphatic imine (C=N–C) groups is 1. The molecule has 1 fully saturated rings. The molecule has 0 aromatic heterocycles. The first-order valence-corrected chi connectivity index (χ1v) is 7.94. The van der Waals surface area contributed by atoms with E-state index in [0.29, 0.717) is 18.7 Å². The Labute approximate surface area is 127 Å². The lowest BCUT2D eigenvalue weighted by molar-refractivity contribution is -0.148. The van der Waals surface area contributed by atoms with Gasteiger partial charge in [-0.15, -0.1) is 11.8 Å². The van der Waals surface area contributed by atoms with E-state index in [1.165, 1.54) is 4.90 Å². The second-order valence-electron chi connectivity index (χ2n) is 5.15. The average molecular weight is 304 g/mol. The third kappa shape index (κ3) is 2.81. The lowest BCUT2D eigenvalue weighted by Gasteiger charge is -2.23. The van der Waals surface area contributed by atoms with Crippen LogP contribution < -0.4 is 0 Å². The first kappa shape index (κ1) is 14.1. The monoisotopic (exact) mass is 304 g/mol. The van der Waals surface area contributed by atoms with Gasteiger partial charge >= 0.3 is 5.97 Å². The molecule has 3 rings (SSSR count). The van der Waals surface area contributed by atoms with Crippen LogP contribution >= 0.6 is 11.8 Å². The highest BCUT2D eigenvalue weighted by atomic mass is 32.2. The van der Waals surface area contributed by atoms with Gasteiger partial charge in [0.2, 0.25) is 5.91 Å². The predicted octanol–water partition coefficient (Wildman–Crippen LogP) is 1.62. The summed E-state index contributed by atoms with van der Waals surface area (Å²) in [6, 6.07) is 8.61. The highest BCUT2D eigenvalue weighted by molar-refractivity contribution is 8.14. The number of amides is 1. The number of nitrogens with zero attached hydrogens (tertiary/aromatic N) is 2. The van der Waals surface area contributed by atoms with Gasteiger partial charge in [0.1, 0.15) is 12.1 Å². The maximum absolute atomic E-state index is 12.5. The van der Waals surface area contributed by atoms with E-state index in [1.807, 2.05) is 30.3 Å². The van der Waals surface area contributed by atoms with Crippen LogP contribution in [0.5, 0.6) is 0 Å². The molecule has 1 aromatic carbocycles. The zero-order chi connectivity index (χ0) is 14.8. The molecule has 2 aliphatic heterocycles. The van der Waals surface area contributed by atoms with Gasteiger partial charge in [0, 0.05) is 17.9 Å². The number of rotatable bonds is 3. The van der Waals surface area contributed by atoms with Crippen LogP contribution in [-0.2, 0) is 9.59 Å². The maximum atomic E-state index is 12.5. The number of carbonyl (C=O) groups excluding carboxylic acids is 1. The van der Waals surface area contributed by atoms with Crippen molar-refractivity contribution in [1.29, 1.82) is 0 Å². The largest absolute Gasteiger partial charge is 0.480 e. The standard InChI is InChI=1S/C15H16N2O3S/c18-14(17-8-4-7-12(17)15(19)20)11-9-21-13(16-11)10-5-2-1-3-6-10/h1-3,5-6,11-12H,4,7-9H2,(H,19,20)/t11?,12-/m0/s1. The highest BCUT2D eigenvalue weighted by Crippen LogP contribution is 2.27. The second kappa shape index (κ2) is 5.89. The Bertz CT molecular complexity index is 588. The Kier molecular flexibility index (Phi) is 3.96. The normalized spacial score (nSPS) is 25.0. The predicted molar refractivity (Wildman–Crippen MR) is 81.6 cm³/mol. The van der Waals surface area contributed by atoms with E-state index in [0.717, 1.165) is 17.0 Å². The molecule has 2 atom stereocenters. The van der Waals surface area contributed by atoms with Gasteiger partial charge in [0.25, 0.3) is 0 Å². The molecule has 0 bridgehead atoms. The van der Waals surface area contributed by atoms with Crippen LogP contribution in [0.25, 0.3) is 0 Å². The van der Waals surface area contributed by atoms with Gasteiger partial charge in [-0.2, -0.15) is 0 Å². The van der Waals surface area contributed by atoms with Gasteiger partial charge in [-0.1, -0.05) is 30.3 Å². The molecule has 2 aliphatic rings. The van der Waals surface area contributed by atoms with Gasteiger partial charge in [-0.05, 0) is 12.8 Å². The van der Waals surface area contributed by atoms with Crippen LogP contribution in [0.1, 0.15) is 18.4 Å². The topological polar surface area (TPSA) is 70.0 Å². The Hall–Kier alpha value is -1.82. The third-order valence-electron chi connectivity index (χ3n) is 3.78. The number of carbonyl (C=O) groups is 2. The van der Waals surface area contributed by atoms with Crippen LogP contribution in [0.2, 0.25) is 0 Å². The van der Waals surface area contributed by atoms with Gasteiger partial charge in [-0.25, -0.2) is 4.79 Å². The molecular formula is C15H16N2O3S. The molecule has 1 amide bonds. The minimum atomic E-state index is -0.918. The summed E-state index contributed by atoms with van der Waals surface area (Å²) in [7, 11) is 0. The Morgan fingerprint density at radius 3 is 2.76 bits per heavy atom. The summed E-state index contributed by atoms with van der Waals surface area (Å²) in [4.78, 5) is 29.6. The number of hydrogen-bond acceptors (Lipinski definition) is 4. The number of thioether (sulfide) groups is 1. The molecule has 6 heteroatoms. The van der Waals surface area contributed by atoms with E-state index in [-0.39, 0.29) is 5.91 Å². The zero-order valence-corrected chi connectivity index (χ0v) is 12.3. The van der Waals surface area contributed by atoms with Gasteiger partial charge in [0.05, 0.1) is 5.04 Å². The Morgan fingerprint density at radius 1 is 1.29 bits per heavy atom. The van der Waals surface area contributed by atoms with Gasteiger partial charge in [-0.3, -0.25) is 9.79 Å². The van der Waals surface area contributed by atoms with E-state index >= 15 is 0 Å². The quantitative estimate of drug-likeness (QED) is 0.921. The highest BCUT2D eigenvalue weighted by Gasteiger charge is 2.38. The molecule has 0 radical (unpaired) electrons. The molecule has 1 saturated heterocycles. The fraction of sp³-hybridized carbons (Fsp3) is 0.400. The number of carboxylic acid groups (broad SMARTS) is 1. The van der Waals surface area contributed by atoms with Crippen molar-refractivity contribution < 1.29 is 14.7 Å². The minimum Gasteiger partial charge on any atom is -0.480 e. The number of benzene rings is 1. The van der Waals surface area contributed by atoms with Crippen LogP contribution in [0, 0.1) is 0 Å². The fourth-order valence-corrected chi connectivity index (χ4v) is 3.76.